The summed E-state index contributed by atoms with van der Waals surface area (Å²) in [5.74, 6) is 0. The van der Waals surface area contributed by atoms with Crippen LogP contribution in [0.1, 0.15) is 74.9 Å². The standard InChI is InChI=1S/C69H57NO/c1-67(2,3)52-35-42-60-62(44-52)69(50-21-12-8-13-22-50,51-23-14-9-15-24-51)63-45-53(68(4,5)6)43-61(65(60)63)49-33-40-56(41-34-49)70(54-36-29-47(30-37-54)46-19-10-7-11-20-46)55-38-31-48(32-39-55)57-26-18-27-59-58-25-16-17-28-64(58)71-66(57)59/h7-45H,1-6H3. The Kier molecular flexibility index (Phi) is 10.6. The van der Waals surface area contributed by atoms with Crippen molar-refractivity contribution in [3.8, 4) is 44.5 Å². The van der Waals surface area contributed by atoms with Crippen LogP contribution in [0.4, 0.5) is 17.1 Å². The smallest absolute Gasteiger partial charge is 0.143 e. The summed E-state index contributed by atoms with van der Waals surface area (Å²) in [6.45, 7) is 14.0. The van der Waals surface area contributed by atoms with E-state index in [0.717, 1.165) is 50.1 Å². The quantitative estimate of drug-likeness (QED) is 0.151. The molecule has 0 aliphatic heterocycles. The molecule has 0 radical (unpaired) electrons. The topological polar surface area (TPSA) is 16.4 Å². The van der Waals surface area contributed by atoms with Crippen molar-refractivity contribution in [1.82, 2.24) is 0 Å². The predicted molar refractivity (Wildman–Crippen MR) is 299 cm³/mol. The summed E-state index contributed by atoms with van der Waals surface area (Å²) in [7, 11) is 0. The molecule has 12 rings (SSSR count). The SMILES string of the molecule is CC(C)(C)c1ccc2c(c1)C(c1ccccc1)(c1ccccc1)c1cc(C(C)(C)C)cc(-c3ccc(N(c4ccc(-c5ccccc5)cc4)c4ccc(-c5cccc6c5oc5ccccc56)cc4)cc3)c1-2. The minimum absolute atomic E-state index is 0.0329. The van der Waals surface area contributed by atoms with Gasteiger partial charge in [-0.15, -0.1) is 0 Å². The third-order valence-electron chi connectivity index (χ3n) is 14.9. The molecule has 1 heterocycles. The highest BCUT2D eigenvalue weighted by Crippen LogP contribution is 2.60. The van der Waals surface area contributed by atoms with Crippen molar-refractivity contribution < 1.29 is 4.42 Å². The maximum absolute atomic E-state index is 6.49. The molecule has 1 aromatic heterocycles. The summed E-state index contributed by atoms with van der Waals surface area (Å²) in [4.78, 5) is 2.37. The van der Waals surface area contributed by atoms with E-state index < -0.39 is 5.41 Å². The molecule has 0 N–H and O–H groups in total. The summed E-state index contributed by atoms with van der Waals surface area (Å²) in [5, 5.41) is 2.26. The Morgan fingerprint density at radius 2 is 0.831 bits per heavy atom. The van der Waals surface area contributed by atoms with E-state index >= 15 is 0 Å². The Morgan fingerprint density at radius 3 is 1.41 bits per heavy atom. The molecular weight excluding hydrogens is 859 g/mol. The second-order valence-electron chi connectivity index (χ2n) is 21.3. The number of nitrogens with zero attached hydrogens (tertiary/aromatic N) is 1. The van der Waals surface area contributed by atoms with Gasteiger partial charge < -0.3 is 9.32 Å². The molecule has 0 amide bonds. The largest absolute Gasteiger partial charge is 0.455 e. The monoisotopic (exact) mass is 915 g/mol. The number of hydrogen-bond acceptors (Lipinski definition) is 2. The van der Waals surface area contributed by atoms with Crippen molar-refractivity contribution >= 4 is 39.0 Å². The van der Waals surface area contributed by atoms with E-state index in [-0.39, 0.29) is 10.8 Å². The lowest BCUT2D eigenvalue weighted by Crippen LogP contribution is -2.29. The highest BCUT2D eigenvalue weighted by atomic mass is 16.3. The van der Waals surface area contributed by atoms with Gasteiger partial charge >= 0.3 is 0 Å². The molecule has 2 heteroatoms. The van der Waals surface area contributed by atoms with Gasteiger partial charge in [-0.3, -0.25) is 0 Å². The highest BCUT2D eigenvalue weighted by Gasteiger charge is 2.48. The molecule has 10 aromatic carbocycles. The molecule has 71 heavy (non-hydrogen) atoms. The first-order valence-electron chi connectivity index (χ1n) is 25.0. The average Bonchev–Trinajstić information content (AvgIpc) is 3.93. The Hall–Kier alpha value is -8.20. The third-order valence-corrected chi connectivity index (χ3v) is 14.9. The van der Waals surface area contributed by atoms with Crippen molar-refractivity contribution in [2.75, 3.05) is 4.90 Å². The number of benzene rings is 10. The van der Waals surface area contributed by atoms with Crippen molar-refractivity contribution in [1.29, 1.82) is 0 Å². The molecule has 2 nitrogen and oxygen atoms in total. The summed E-state index contributed by atoms with van der Waals surface area (Å²) < 4.78 is 6.49. The molecule has 11 aromatic rings. The number of hydrogen-bond donors (Lipinski definition) is 0. The molecule has 344 valence electrons. The van der Waals surface area contributed by atoms with Gasteiger partial charge in [0.15, 0.2) is 0 Å². The van der Waals surface area contributed by atoms with Gasteiger partial charge in [0, 0.05) is 33.4 Å². The van der Waals surface area contributed by atoms with Gasteiger partial charge in [0.2, 0.25) is 0 Å². The van der Waals surface area contributed by atoms with Crippen molar-refractivity contribution in [3.63, 3.8) is 0 Å². The van der Waals surface area contributed by atoms with E-state index in [9.17, 15) is 0 Å². The number of para-hydroxylation sites is 2. The number of furan rings is 1. The van der Waals surface area contributed by atoms with Gasteiger partial charge in [-0.2, -0.15) is 0 Å². The molecule has 0 unspecified atom stereocenters. The summed E-state index contributed by atoms with van der Waals surface area (Å²) in [6, 6.07) is 87.3. The first-order chi connectivity index (χ1) is 34.5. The lowest BCUT2D eigenvalue weighted by molar-refractivity contribution is 0.586. The van der Waals surface area contributed by atoms with Crippen molar-refractivity contribution in [3.05, 3.63) is 270 Å². The molecule has 0 saturated heterocycles. The number of rotatable bonds is 8. The normalized spacial score (nSPS) is 13.0. The van der Waals surface area contributed by atoms with Gasteiger partial charge in [0.25, 0.3) is 0 Å². The van der Waals surface area contributed by atoms with E-state index in [1.54, 1.807) is 0 Å². The van der Waals surface area contributed by atoms with Crippen LogP contribution in [-0.2, 0) is 16.2 Å². The fraction of sp³-hybridized carbons (Fsp3) is 0.130. The van der Waals surface area contributed by atoms with Gasteiger partial charge in [0.05, 0.1) is 5.41 Å². The first-order valence-corrected chi connectivity index (χ1v) is 25.0. The van der Waals surface area contributed by atoms with Gasteiger partial charge in [-0.05, 0) is 132 Å². The summed E-state index contributed by atoms with van der Waals surface area (Å²) >= 11 is 0. The Balaban J connectivity index is 1.03. The fourth-order valence-electron chi connectivity index (χ4n) is 11.2. The van der Waals surface area contributed by atoms with Crippen LogP contribution in [0, 0.1) is 0 Å². The summed E-state index contributed by atoms with van der Waals surface area (Å²) in [6.07, 6.45) is 0. The van der Waals surface area contributed by atoms with E-state index in [4.69, 9.17) is 4.42 Å². The molecule has 0 saturated carbocycles. The van der Waals surface area contributed by atoms with E-state index in [1.807, 2.05) is 12.1 Å². The minimum atomic E-state index is -0.533. The third kappa shape index (κ3) is 7.49. The zero-order chi connectivity index (χ0) is 48.5. The average molecular weight is 916 g/mol. The molecule has 0 atom stereocenters. The molecule has 0 fully saturated rings. The second kappa shape index (κ2) is 17.0. The Morgan fingerprint density at radius 1 is 0.352 bits per heavy atom. The maximum atomic E-state index is 6.49. The summed E-state index contributed by atoms with van der Waals surface area (Å²) in [5.41, 5.74) is 21.8. The molecule has 0 spiro atoms. The number of anilines is 3. The van der Waals surface area contributed by atoms with Crippen LogP contribution in [0.3, 0.4) is 0 Å². The first kappa shape index (κ1) is 44.0. The highest BCUT2D eigenvalue weighted by molar-refractivity contribution is 6.09. The van der Waals surface area contributed by atoms with Crippen LogP contribution in [0.25, 0.3) is 66.4 Å². The zero-order valence-electron chi connectivity index (χ0n) is 41.4. The van der Waals surface area contributed by atoms with Gasteiger partial charge in [0.1, 0.15) is 11.2 Å². The molecular formula is C69H57NO. The lowest BCUT2D eigenvalue weighted by atomic mass is 9.66. The fourth-order valence-corrected chi connectivity index (χ4v) is 11.2. The van der Waals surface area contributed by atoms with Crippen LogP contribution in [-0.4, -0.2) is 0 Å². The minimum Gasteiger partial charge on any atom is -0.455 e. The lowest BCUT2D eigenvalue weighted by Gasteiger charge is -2.35. The van der Waals surface area contributed by atoms with E-state index in [0.29, 0.717) is 0 Å². The van der Waals surface area contributed by atoms with Crippen LogP contribution < -0.4 is 4.90 Å². The van der Waals surface area contributed by atoms with Gasteiger partial charge in [-0.1, -0.05) is 230 Å². The molecule has 1 aliphatic rings. The predicted octanol–water partition coefficient (Wildman–Crippen LogP) is 19.0. The zero-order valence-corrected chi connectivity index (χ0v) is 41.4. The Bertz CT molecular complexity index is 3680. The van der Waals surface area contributed by atoms with E-state index in [2.05, 4.69) is 271 Å². The van der Waals surface area contributed by atoms with Crippen LogP contribution in [0.2, 0.25) is 0 Å². The van der Waals surface area contributed by atoms with Crippen molar-refractivity contribution in [2.24, 2.45) is 0 Å². The van der Waals surface area contributed by atoms with Gasteiger partial charge in [-0.25, -0.2) is 0 Å². The maximum Gasteiger partial charge on any atom is 0.143 e. The van der Waals surface area contributed by atoms with E-state index in [1.165, 1.54) is 66.8 Å². The number of fused-ring (bicyclic) bond motifs is 6. The van der Waals surface area contributed by atoms with Crippen LogP contribution in [0.15, 0.2) is 241 Å². The molecule has 0 bridgehead atoms. The van der Waals surface area contributed by atoms with Crippen LogP contribution in [0.5, 0.6) is 0 Å². The Labute approximate surface area is 418 Å². The molecule has 1 aliphatic carbocycles. The van der Waals surface area contributed by atoms with Crippen LogP contribution >= 0.6 is 0 Å². The second-order valence-corrected chi connectivity index (χ2v) is 21.3. The van der Waals surface area contributed by atoms with Crippen molar-refractivity contribution in [2.45, 2.75) is 57.8 Å².